The number of hydrogen-bond acceptors (Lipinski definition) is 7. The topological polar surface area (TPSA) is 86.0 Å². The molecular weight excluding hydrogens is 286 g/mol. The Hall–Kier alpha value is -1.80. The van der Waals surface area contributed by atoms with Crippen molar-refractivity contribution in [3.8, 4) is 0 Å². The molecule has 19 heavy (non-hydrogen) atoms. The fourth-order valence-electron chi connectivity index (χ4n) is 1.35. The summed E-state index contributed by atoms with van der Waals surface area (Å²) in [6.45, 7) is 1.96. The number of non-ortho nitro benzene ring substituents is 1. The SMILES string of the molecule is CCc1nsc(Sc2ccc([N+](=O)[O-])cc2C=O)n1. The first-order valence-corrected chi connectivity index (χ1v) is 6.97. The number of nitro groups is 1. The number of carbonyl (C=O) groups excluding carboxylic acids is 1. The van der Waals surface area contributed by atoms with Gasteiger partial charge in [0, 0.05) is 29.0 Å². The van der Waals surface area contributed by atoms with Gasteiger partial charge in [0.2, 0.25) is 0 Å². The lowest BCUT2D eigenvalue weighted by molar-refractivity contribution is -0.384. The average molecular weight is 295 g/mol. The molecule has 0 saturated carbocycles. The Balaban J connectivity index is 2.29. The quantitative estimate of drug-likeness (QED) is 0.479. The van der Waals surface area contributed by atoms with E-state index in [1.807, 2.05) is 6.92 Å². The number of nitro benzene ring substituents is 1. The lowest BCUT2D eigenvalue weighted by Crippen LogP contribution is -1.92. The van der Waals surface area contributed by atoms with Crippen LogP contribution in [0, 0.1) is 10.1 Å². The van der Waals surface area contributed by atoms with Crippen LogP contribution in [-0.2, 0) is 6.42 Å². The van der Waals surface area contributed by atoms with Crippen molar-refractivity contribution in [1.29, 1.82) is 0 Å². The number of aryl methyl sites for hydroxylation is 1. The molecule has 1 heterocycles. The second kappa shape index (κ2) is 5.89. The normalized spacial score (nSPS) is 10.4. The van der Waals surface area contributed by atoms with Crippen molar-refractivity contribution < 1.29 is 9.72 Å². The lowest BCUT2D eigenvalue weighted by atomic mass is 10.2. The summed E-state index contributed by atoms with van der Waals surface area (Å²) in [6.07, 6.45) is 1.36. The van der Waals surface area contributed by atoms with Crippen LogP contribution < -0.4 is 0 Å². The molecule has 0 N–H and O–H groups in total. The first-order chi connectivity index (χ1) is 9.13. The van der Waals surface area contributed by atoms with E-state index in [-0.39, 0.29) is 11.3 Å². The summed E-state index contributed by atoms with van der Waals surface area (Å²) in [5, 5.41) is 10.6. The highest BCUT2D eigenvalue weighted by atomic mass is 32.2. The first kappa shape index (κ1) is 13.6. The van der Waals surface area contributed by atoms with Crippen LogP contribution in [0.4, 0.5) is 5.69 Å². The molecule has 8 heteroatoms. The molecule has 1 aromatic heterocycles. The number of benzene rings is 1. The molecule has 0 atom stereocenters. The Labute approximate surface area is 117 Å². The predicted octanol–water partition coefficient (Wildman–Crippen LogP) is 2.97. The third-order valence-corrected chi connectivity index (χ3v) is 4.17. The van der Waals surface area contributed by atoms with E-state index in [9.17, 15) is 14.9 Å². The molecule has 0 spiro atoms. The van der Waals surface area contributed by atoms with Crippen LogP contribution in [0.5, 0.6) is 0 Å². The van der Waals surface area contributed by atoms with Crippen molar-refractivity contribution in [2.75, 3.05) is 0 Å². The Kier molecular flexibility index (Phi) is 4.23. The van der Waals surface area contributed by atoms with Gasteiger partial charge >= 0.3 is 0 Å². The molecule has 0 aliphatic heterocycles. The molecule has 98 valence electrons. The molecule has 2 aromatic rings. The first-order valence-electron chi connectivity index (χ1n) is 5.38. The average Bonchev–Trinajstić information content (AvgIpc) is 2.86. The summed E-state index contributed by atoms with van der Waals surface area (Å²) in [4.78, 5) is 26.0. The van der Waals surface area contributed by atoms with Crippen molar-refractivity contribution in [3.63, 3.8) is 0 Å². The van der Waals surface area contributed by atoms with Crippen LogP contribution in [-0.4, -0.2) is 20.6 Å². The maximum absolute atomic E-state index is 11.0. The molecule has 0 saturated heterocycles. The summed E-state index contributed by atoms with van der Waals surface area (Å²) < 4.78 is 4.86. The summed E-state index contributed by atoms with van der Waals surface area (Å²) in [7, 11) is 0. The molecule has 1 aromatic carbocycles. The van der Waals surface area contributed by atoms with E-state index in [1.54, 1.807) is 6.07 Å². The van der Waals surface area contributed by atoms with Crippen LogP contribution in [0.25, 0.3) is 0 Å². The second-order valence-corrected chi connectivity index (χ2v) is 5.57. The number of hydrogen-bond donors (Lipinski definition) is 0. The molecule has 0 unspecified atom stereocenters. The minimum absolute atomic E-state index is 0.0991. The van der Waals surface area contributed by atoms with Gasteiger partial charge in [0.1, 0.15) is 5.82 Å². The molecule has 0 aliphatic carbocycles. The van der Waals surface area contributed by atoms with Gasteiger partial charge in [0.15, 0.2) is 10.6 Å². The van der Waals surface area contributed by atoms with Crippen molar-refractivity contribution in [3.05, 3.63) is 39.7 Å². The van der Waals surface area contributed by atoms with E-state index in [0.29, 0.717) is 15.5 Å². The third kappa shape index (κ3) is 3.15. The van der Waals surface area contributed by atoms with Gasteiger partial charge in [0.05, 0.1) is 4.92 Å². The van der Waals surface area contributed by atoms with E-state index < -0.39 is 4.92 Å². The Morgan fingerprint density at radius 2 is 2.32 bits per heavy atom. The third-order valence-electron chi connectivity index (χ3n) is 2.29. The standard InChI is InChI=1S/C11H9N3O3S2/c1-2-10-12-11(19-13-10)18-9-4-3-8(14(16)17)5-7(9)6-15/h3-6H,2H2,1H3. The molecule has 6 nitrogen and oxygen atoms in total. The molecule has 0 aliphatic rings. The lowest BCUT2D eigenvalue weighted by Gasteiger charge is -2.01. The van der Waals surface area contributed by atoms with Gasteiger partial charge < -0.3 is 0 Å². The number of rotatable bonds is 5. The maximum Gasteiger partial charge on any atom is 0.270 e. The molecule has 0 fully saturated rings. The van der Waals surface area contributed by atoms with Crippen LogP contribution >= 0.6 is 23.3 Å². The maximum atomic E-state index is 11.0. The summed E-state index contributed by atoms with van der Waals surface area (Å²) in [5.41, 5.74) is 0.186. The fourth-order valence-corrected chi connectivity index (χ4v) is 3.08. The number of aromatic nitrogens is 2. The monoisotopic (exact) mass is 295 g/mol. The Morgan fingerprint density at radius 1 is 1.53 bits per heavy atom. The zero-order valence-corrected chi connectivity index (χ0v) is 11.5. The van der Waals surface area contributed by atoms with E-state index in [2.05, 4.69) is 9.36 Å². The van der Waals surface area contributed by atoms with Crippen LogP contribution in [0.3, 0.4) is 0 Å². The van der Waals surface area contributed by atoms with Crippen molar-refractivity contribution >= 4 is 35.3 Å². The van der Waals surface area contributed by atoms with Gasteiger partial charge in [-0.15, -0.1) is 0 Å². The Morgan fingerprint density at radius 3 is 2.89 bits per heavy atom. The molecule has 0 bridgehead atoms. The minimum atomic E-state index is -0.526. The molecule has 0 radical (unpaired) electrons. The number of aldehydes is 1. The minimum Gasteiger partial charge on any atom is -0.298 e. The second-order valence-electron chi connectivity index (χ2n) is 3.53. The van der Waals surface area contributed by atoms with Crippen molar-refractivity contribution in [2.24, 2.45) is 0 Å². The predicted molar refractivity (Wildman–Crippen MR) is 71.9 cm³/mol. The highest BCUT2D eigenvalue weighted by Crippen LogP contribution is 2.32. The number of nitrogens with zero attached hydrogens (tertiary/aromatic N) is 3. The summed E-state index contributed by atoms with van der Waals surface area (Å²) in [6, 6.07) is 4.19. The van der Waals surface area contributed by atoms with E-state index in [4.69, 9.17) is 0 Å². The summed E-state index contributed by atoms with van der Waals surface area (Å²) in [5.74, 6) is 0.752. The van der Waals surface area contributed by atoms with E-state index in [0.717, 1.165) is 12.2 Å². The highest BCUT2D eigenvalue weighted by molar-refractivity contribution is 8.01. The smallest absolute Gasteiger partial charge is 0.270 e. The van der Waals surface area contributed by atoms with Gasteiger partial charge in [-0.2, -0.15) is 4.37 Å². The summed E-state index contributed by atoms with van der Waals surface area (Å²) >= 11 is 2.54. The number of carbonyl (C=O) groups is 1. The largest absolute Gasteiger partial charge is 0.298 e. The fraction of sp³-hybridized carbons (Fsp3) is 0.182. The highest BCUT2D eigenvalue weighted by Gasteiger charge is 2.13. The molecule has 0 amide bonds. The van der Waals surface area contributed by atoms with Crippen molar-refractivity contribution in [2.45, 2.75) is 22.6 Å². The van der Waals surface area contributed by atoms with E-state index >= 15 is 0 Å². The molecule has 2 rings (SSSR count). The van der Waals surface area contributed by atoms with Gasteiger partial charge in [-0.1, -0.05) is 18.7 Å². The van der Waals surface area contributed by atoms with Gasteiger partial charge in [-0.3, -0.25) is 14.9 Å². The van der Waals surface area contributed by atoms with Gasteiger partial charge in [-0.25, -0.2) is 4.98 Å². The van der Waals surface area contributed by atoms with Crippen LogP contribution in [0.15, 0.2) is 27.4 Å². The van der Waals surface area contributed by atoms with Crippen LogP contribution in [0.1, 0.15) is 23.1 Å². The zero-order valence-electron chi connectivity index (χ0n) is 9.90. The Bertz CT molecular complexity index is 627. The van der Waals surface area contributed by atoms with Gasteiger partial charge in [0.25, 0.3) is 5.69 Å². The van der Waals surface area contributed by atoms with Gasteiger partial charge in [-0.05, 0) is 17.6 Å². The molecular formula is C11H9N3O3S2. The van der Waals surface area contributed by atoms with Crippen molar-refractivity contribution in [1.82, 2.24) is 9.36 Å². The zero-order chi connectivity index (χ0) is 13.8. The van der Waals surface area contributed by atoms with E-state index in [1.165, 1.54) is 35.4 Å². The van der Waals surface area contributed by atoms with Crippen LogP contribution in [0.2, 0.25) is 0 Å².